The van der Waals surface area contributed by atoms with E-state index >= 15 is 0 Å². The van der Waals surface area contributed by atoms with Gasteiger partial charge in [-0.1, -0.05) is 30.8 Å². The van der Waals surface area contributed by atoms with Crippen LogP contribution in [-0.2, 0) is 4.79 Å². The molecule has 33 heavy (non-hydrogen) atoms. The van der Waals surface area contributed by atoms with Gasteiger partial charge in [0.25, 0.3) is 0 Å². The zero-order valence-corrected chi connectivity index (χ0v) is 17.7. The number of nitrogens with one attached hydrogen (secondary N) is 1. The van der Waals surface area contributed by atoms with E-state index in [-0.39, 0.29) is 5.91 Å². The molecule has 1 N–H and O–H groups in total. The van der Waals surface area contributed by atoms with E-state index in [9.17, 15) is 4.79 Å². The number of rotatable bonds is 6. The van der Waals surface area contributed by atoms with Gasteiger partial charge in [0.2, 0.25) is 5.91 Å². The molecule has 0 aliphatic rings. The number of aromatic nitrogens is 3. The highest BCUT2D eigenvalue weighted by Gasteiger charge is 2.14. The first-order valence-electron chi connectivity index (χ1n) is 10.4. The van der Waals surface area contributed by atoms with Crippen molar-refractivity contribution in [3.63, 3.8) is 0 Å². The number of amides is 1. The number of fused-ring (bicyclic) bond motifs is 1. The first-order valence-corrected chi connectivity index (χ1v) is 10.4. The van der Waals surface area contributed by atoms with Crippen molar-refractivity contribution in [3.05, 3.63) is 110 Å². The quantitative estimate of drug-likeness (QED) is 0.334. The van der Waals surface area contributed by atoms with Crippen molar-refractivity contribution in [2.24, 2.45) is 0 Å². The Morgan fingerprint density at radius 2 is 1.73 bits per heavy atom. The Bertz CT molecular complexity index is 1440. The number of carbonyl (C=O) groups excluding carboxylic acids is 1. The second kappa shape index (κ2) is 8.80. The van der Waals surface area contributed by atoms with Gasteiger partial charge in [-0.15, -0.1) is 0 Å². The molecule has 0 bridgehead atoms. The van der Waals surface area contributed by atoms with Crippen LogP contribution in [-0.4, -0.2) is 20.7 Å². The molecule has 5 aromatic rings. The molecule has 6 heteroatoms. The zero-order valence-electron chi connectivity index (χ0n) is 17.7. The van der Waals surface area contributed by atoms with E-state index in [0.717, 1.165) is 39.3 Å². The highest BCUT2D eigenvalue weighted by atomic mass is 16.5. The Kier molecular flexibility index (Phi) is 5.39. The Hall–Kier alpha value is -4.71. The number of anilines is 1. The zero-order chi connectivity index (χ0) is 22.6. The number of hydrogen-bond donors (Lipinski definition) is 1. The third-order valence-electron chi connectivity index (χ3n) is 5.13. The molecule has 0 saturated heterocycles. The SMILES string of the molecule is C=CC(=O)Nc1cccc(-n2nc(-c3ccc(Oc4ccccc4)cc3)c3cnccc32)c1. The fraction of sp³-hybridized carbons (Fsp3) is 0. The van der Waals surface area contributed by atoms with Crippen LogP contribution in [0.15, 0.2) is 110 Å². The molecule has 3 aromatic carbocycles. The summed E-state index contributed by atoms with van der Waals surface area (Å²) in [7, 11) is 0. The van der Waals surface area contributed by atoms with Gasteiger partial charge in [0.15, 0.2) is 0 Å². The summed E-state index contributed by atoms with van der Waals surface area (Å²) in [5.74, 6) is 1.27. The number of ether oxygens (including phenoxy) is 1. The molecule has 0 spiro atoms. The van der Waals surface area contributed by atoms with Crippen LogP contribution in [0.3, 0.4) is 0 Å². The Morgan fingerprint density at radius 3 is 2.52 bits per heavy atom. The fourth-order valence-electron chi connectivity index (χ4n) is 3.59. The van der Waals surface area contributed by atoms with Gasteiger partial charge in [-0.2, -0.15) is 5.10 Å². The van der Waals surface area contributed by atoms with Crippen LogP contribution < -0.4 is 10.1 Å². The van der Waals surface area contributed by atoms with Gasteiger partial charge in [-0.3, -0.25) is 9.78 Å². The van der Waals surface area contributed by atoms with Gasteiger partial charge in [-0.05, 0) is 66.7 Å². The molecule has 2 aromatic heterocycles. The molecule has 1 amide bonds. The summed E-state index contributed by atoms with van der Waals surface area (Å²) < 4.78 is 7.76. The number of pyridine rings is 1. The second-order valence-corrected chi connectivity index (χ2v) is 7.34. The number of carbonyl (C=O) groups is 1. The monoisotopic (exact) mass is 432 g/mol. The molecule has 0 aliphatic carbocycles. The van der Waals surface area contributed by atoms with Crippen LogP contribution in [0.1, 0.15) is 0 Å². The maximum absolute atomic E-state index is 11.7. The highest BCUT2D eigenvalue weighted by Crippen LogP contribution is 2.31. The third-order valence-corrected chi connectivity index (χ3v) is 5.13. The van der Waals surface area contributed by atoms with Gasteiger partial charge in [-0.25, -0.2) is 4.68 Å². The highest BCUT2D eigenvalue weighted by molar-refractivity contribution is 5.99. The lowest BCUT2D eigenvalue weighted by molar-refractivity contribution is -0.111. The molecular weight excluding hydrogens is 412 g/mol. The summed E-state index contributed by atoms with van der Waals surface area (Å²) in [5.41, 5.74) is 4.16. The fourth-order valence-corrected chi connectivity index (χ4v) is 3.59. The Morgan fingerprint density at radius 1 is 0.939 bits per heavy atom. The number of para-hydroxylation sites is 1. The molecule has 160 valence electrons. The summed E-state index contributed by atoms with van der Waals surface area (Å²) in [6.07, 6.45) is 4.79. The molecule has 0 saturated carbocycles. The second-order valence-electron chi connectivity index (χ2n) is 7.34. The lowest BCUT2D eigenvalue weighted by Crippen LogP contribution is -2.07. The predicted octanol–water partition coefficient (Wildman–Crippen LogP) is 6.00. The minimum Gasteiger partial charge on any atom is -0.457 e. The molecule has 0 radical (unpaired) electrons. The Balaban J connectivity index is 1.51. The molecule has 2 heterocycles. The van der Waals surface area contributed by atoms with Crippen LogP contribution >= 0.6 is 0 Å². The smallest absolute Gasteiger partial charge is 0.247 e. The van der Waals surface area contributed by atoms with Gasteiger partial charge in [0.1, 0.15) is 17.2 Å². The van der Waals surface area contributed by atoms with Crippen molar-refractivity contribution in [2.75, 3.05) is 5.32 Å². The van der Waals surface area contributed by atoms with Gasteiger partial charge in [0.05, 0.1) is 11.2 Å². The van der Waals surface area contributed by atoms with Crippen LogP contribution in [0.2, 0.25) is 0 Å². The summed E-state index contributed by atoms with van der Waals surface area (Å²) in [6.45, 7) is 3.50. The summed E-state index contributed by atoms with van der Waals surface area (Å²) >= 11 is 0. The molecule has 6 nitrogen and oxygen atoms in total. The number of benzene rings is 3. The Labute approximate surface area is 190 Å². The number of nitrogens with zero attached hydrogens (tertiary/aromatic N) is 3. The van der Waals surface area contributed by atoms with Crippen LogP contribution in [0, 0.1) is 0 Å². The first kappa shape index (κ1) is 20.2. The van der Waals surface area contributed by atoms with Gasteiger partial charge < -0.3 is 10.1 Å². The molecule has 0 unspecified atom stereocenters. The van der Waals surface area contributed by atoms with E-state index in [4.69, 9.17) is 9.84 Å². The van der Waals surface area contributed by atoms with Crippen LogP contribution in [0.25, 0.3) is 27.8 Å². The van der Waals surface area contributed by atoms with Crippen LogP contribution in [0.5, 0.6) is 11.5 Å². The van der Waals surface area contributed by atoms with E-state index < -0.39 is 0 Å². The number of hydrogen-bond acceptors (Lipinski definition) is 4. The predicted molar refractivity (Wildman–Crippen MR) is 130 cm³/mol. The molecule has 0 fully saturated rings. The first-order chi connectivity index (χ1) is 16.2. The van der Waals surface area contributed by atoms with Gasteiger partial charge >= 0.3 is 0 Å². The van der Waals surface area contributed by atoms with Crippen molar-refractivity contribution in [1.82, 2.24) is 14.8 Å². The molecule has 0 aliphatic heterocycles. The largest absolute Gasteiger partial charge is 0.457 e. The topological polar surface area (TPSA) is 69.0 Å². The van der Waals surface area contributed by atoms with Crippen molar-refractivity contribution >= 4 is 22.5 Å². The minimum atomic E-state index is -0.264. The van der Waals surface area contributed by atoms with Crippen LogP contribution in [0.4, 0.5) is 5.69 Å². The summed E-state index contributed by atoms with van der Waals surface area (Å²) in [6, 6.07) is 26.9. The lowest BCUT2D eigenvalue weighted by atomic mass is 10.1. The van der Waals surface area contributed by atoms with Crippen molar-refractivity contribution in [3.8, 4) is 28.4 Å². The van der Waals surface area contributed by atoms with Crippen molar-refractivity contribution in [1.29, 1.82) is 0 Å². The van der Waals surface area contributed by atoms with Crippen molar-refractivity contribution in [2.45, 2.75) is 0 Å². The lowest BCUT2D eigenvalue weighted by Gasteiger charge is -2.07. The molecule has 5 rings (SSSR count). The average molecular weight is 432 g/mol. The van der Waals surface area contributed by atoms with Crippen molar-refractivity contribution < 1.29 is 9.53 Å². The molecular formula is C27H20N4O2. The van der Waals surface area contributed by atoms with E-state index in [0.29, 0.717) is 5.69 Å². The van der Waals surface area contributed by atoms with E-state index in [1.165, 1.54) is 6.08 Å². The summed E-state index contributed by atoms with van der Waals surface area (Å²) in [5, 5.41) is 8.60. The third kappa shape index (κ3) is 4.22. The van der Waals surface area contributed by atoms with E-state index in [1.54, 1.807) is 6.20 Å². The maximum atomic E-state index is 11.7. The average Bonchev–Trinajstić information content (AvgIpc) is 3.25. The van der Waals surface area contributed by atoms with E-state index in [2.05, 4.69) is 16.9 Å². The molecule has 0 atom stereocenters. The summed E-state index contributed by atoms with van der Waals surface area (Å²) in [4.78, 5) is 16.0. The maximum Gasteiger partial charge on any atom is 0.247 e. The standard InChI is InChI=1S/C27H20N4O2/c1-2-26(32)29-20-7-6-8-21(17-20)31-25-15-16-28-18-24(25)27(30-31)19-11-13-23(14-12-19)33-22-9-4-3-5-10-22/h2-18H,1H2,(H,29,32). The van der Waals surface area contributed by atoms with E-state index in [1.807, 2.05) is 95.8 Å². The van der Waals surface area contributed by atoms with Gasteiger partial charge in [0, 0.05) is 29.0 Å². The minimum absolute atomic E-state index is 0.264. The normalized spacial score (nSPS) is 10.7.